The molecule has 28 heavy (non-hydrogen) atoms. The van der Waals surface area contributed by atoms with Gasteiger partial charge in [-0.15, -0.1) is 24.0 Å². The van der Waals surface area contributed by atoms with Gasteiger partial charge in [0.15, 0.2) is 5.96 Å². The maximum atomic E-state index is 12.1. The van der Waals surface area contributed by atoms with E-state index in [2.05, 4.69) is 27.6 Å². The summed E-state index contributed by atoms with van der Waals surface area (Å²) in [6.45, 7) is 4.01. The van der Waals surface area contributed by atoms with Crippen LogP contribution in [-0.4, -0.2) is 85.1 Å². The molecule has 1 rings (SSSR count). The lowest BCUT2D eigenvalue weighted by molar-refractivity contribution is 0.180. The zero-order valence-electron chi connectivity index (χ0n) is 17.4. The lowest BCUT2D eigenvalue weighted by Gasteiger charge is -2.18. The summed E-state index contributed by atoms with van der Waals surface area (Å²) >= 11 is 0. The average Bonchev–Trinajstić information content (AvgIpc) is 2.65. The van der Waals surface area contributed by atoms with Gasteiger partial charge < -0.3 is 20.3 Å². The number of ether oxygens (including phenoxy) is 1. The van der Waals surface area contributed by atoms with E-state index in [0.717, 1.165) is 38.2 Å². The van der Waals surface area contributed by atoms with Gasteiger partial charge in [0.1, 0.15) is 0 Å². The minimum atomic E-state index is -3.39. The molecule has 0 aromatic heterocycles. The van der Waals surface area contributed by atoms with Crippen LogP contribution in [0.4, 0.5) is 0 Å². The van der Waals surface area contributed by atoms with E-state index in [9.17, 15) is 8.42 Å². The van der Waals surface area contributed by atoms with Gasteiger partial charge in [-0.05, 0) is 31.2 Å². The fourth-order valence-corrected chi connectivity index (χ4v) is 3.25. The Hall–Kier alpha value is -0.950. The van der Waals surface area contributed by atoms with Crippen LogP contribution in [0.5, 0.6) is 0 Å². The maximum Gasteiger partial charge on any atom is 0.242 e. The van der Waals surface area contributed by atoms with Crippen LogP contribution in [0.1, 0.15) is 12.0 Å². The summed E-state index contributed by atoms with van der Waals surface area (Å²) in [6.07, 6.45) is 1.01. The van der Waals surface area contributed by atoms with Crippen molar-refractivity contribution in [2.45, 2.75) is 17.9 Å². The normalized spacial score (nSPS) is 12.2. The molecule has 0 aliphatic heterocycles. The van der Waals surface area contributed by atoms with E-state index in [1.807, 2.05) is 0 Å². The fourth-order valence-electron chi connectivity index (χ4n) is 2.35. The summed E-state index contributed by atoms with van der Waals surface area (Å²) in [5.41, 5.74) is 0.979. The second-order valence-corrected chi connectivity index (χ2v) is 8.59. The van der Waals surface area contributed by atoms with E-state index in [1.165, 1.54) is 18.4 Å². The minimum Gasteiger partial charge on any atom is -0.385 e. The van der Waals surface area contributed by atoms with Crippen molar-refractivity contribution in [3.05, 3.63) is 29.8 Å². The molecular weight excluding hydrogens is 493 g/mol. The van der Waals surface area contributed by atoms with Crippen LogP contribution in [-0.2, 0) is 21.3 Å². The molecule has 0 spiro atoms. The number of benzene rings is 1. The lowest BCUT2D eigenvalue weighted by atomic mass is 10.2. The molecule has 0 aliphatic rings. The third-order valence-corrected chi connectivity index (χ3v) is 5.89. The molecule has 0 aliphatic carbocycles. The first-order valence-electron chi connectivity index (χ1n) is 8.94. The zero-order chi connectivity index (χ0) is 20.3. The Kier molecular flexibility index (Phi) is 13.6. The molecule has 1 aromatic rings. The second kappa shape index (κ2) is 14.1. The largest absolute Gasteiger partial charge is 0.385 e. The molecule has 1 aromatic carbocycles. The molecule has 0 atom stereocenters. The van der Waals surface area contributed by atoms with E-state index in [0.29, 0.717) is 12.5 Å². The quantitative estimate of drug-likeness (QED) is 0.195. The van der Waals surface area contributed by atoms with Crippen molar-refractivity contribution < 1.29 is 13.2 Å². The summed E-state index contributed by atoms with van der Waals surface area (Å²) in [7, 11) is 5.17. The monoisotopic (exact) mass is 527 g/mol. The molecule has 0 bridgehead atoms. The lowest BCUT2D eigenvalue weighted by Crippen LogP contribution is -2.40. The van der Waals surface area contributed by atoms with Crippen LogP contribution >= 0.6 is 24.0 Å². The first-order valence-corrected chi connectivity index (χ1v) is 10.4. The predicted molar refractivity (Wildman–Crippen MR) is 125 cm³/mol. The van der Waals surface area contributed by atoms with Gasteiger partial charge in [0.2, 0.25) is 10.0 Å². The van der Waals surface area contributed by atoms with Crippen molar-refractivity contribution in [3.8, 4) is 0 Å². The highest BCUT2D eigenvalue weighted by Gasteiger charge is 2.16. The molecule has 0 heterocycles. The highest BCUT2D eigenvalue weighted by molar-refractivity contribution is 14.0. The van der Waals surface area contributed by atoms with Crippen molar-refractivity contribution in [2.75, 3.05) is 61.5 Å². The Morgan fingerprint density at radius 3 is 2.29 bits per heavy atom. The number of hydrogen-bond acceptors (Lipinski definition) is 5. The number of methoxy groups -OCH3 is 1. The molecule has 0 fully saturated rings. The molecule has 2 N–H and O–H groups in total. The molecule has 162 valence electrons. The van der Waals surface area contributed by atoms with Crippen LogP contribution < -0.4 is 10.6 Å². The van der Waals surface area contributed by atoms with Gasteiger partial charge in [-0.25, -0.2) is 12.7 Å². The van der Waals surface area contributed by atoms with Gasteiger partial charge in [0.05, 0.1) is 4.90 Å². The van der Waals surface area contributed by atoms with Crippen molar-refractivity contribution in [1.29, 1.82) is 0 Å². The van der Waals surface area contributed by atoms with E-state index in [-0.39, 0.29) is 28.9 Å². The van der Waals surface area contributed by atoms with Crippen LogP contribution in [0, 0.1) is 0 Å². The van der Waals surface area contributed by atoms with Crippen LogP contribution in [0.25, 0.3) is 0 Å². The minimum absolute atomic E-state index is 0. The van der Waals surface area contributed by atoms with Gasteiger partial charge in [-0.3, -0.25) is 4.99 Å². The van der Waals surface area contributed by atoms with Crippen LogP contribution in [0.3, 0.4) is 0 Å². The highest BCUT2D eigenvalue weighted by atomic mass is 127. The molecule has 0 unspecified atom stereocenters. The first-order chi connectivity index (χ1) is 12.8. The van der Waals surface area contributed by atoms with Crippen molar-refractivity contribution in [2.24, 2.45) is 4.99 Å². The third kappa shape index (κ3) is 9.50. The second-order valence-electron chi connectivity index (χ2n) is 6.43. The fraction of sp³-hybridized carbons (Fsp3) is 0.611. The standard InChI is InChI=1S/C18H33N5O3S.HI/c1-19-18(20-11-13-23(4)12-6-14-26-5)21-15-16-7-9-17(10-8-16)27(24,25)22(2)3;/h7-10H,6,11-15H2,1-5H3,(H2,19,20,21);1H. The van der Waals surface area contributed by atoms with Crippen molar-refractivity contribution in [1.82, 2.24) is 19.8 Å². The summed E-state index contributed by atoms with van der Waals surface area (Å²) in [5, 5.41) is 6.51. The number of sulfonamides is 1. The van der Waals surface area contributed by atoms with Crippen LogP contribution in [0.2, 0.25) is 0 Å². The Balaban J connectivity index is 0.00000729. The number of likely N-dealkylation sites (N-methyl/N-ethyl adjacent to an activating group) is 1. The van der Waals surface area contributed by atoms with Crippen LogP contribution in [0.15, 0.2) is 34.2 Å². The zero-order valence-corrected chi connectivity index (χ0v) is 20.6. The summed E-state index contributed by atoms with van der Waals surface area (Å²) in [4.78, 5) is 6.74. The van der Waals surface area contributed by atoms with Gasteiger partial charge in [-0.1, -0.05) is 12.1 Å². The molecule has 0 amide bonds. The number of halogens is 1. The van der Waals surface area contributed by atoms with Gasteiger partial charge in [-0.2, -0.15) is 0 Å². The molecule has 10 heteroatoms. The summed E-state index contributed by atoms with van der Waals surface area (Å²) in [5.74, 6) is 0.713. The Bertz CT molecular complexity index is 681. The van der Waals surface area contributed by atoms with Gasteiger partial charge >= 0.3 is 0 Å². The predicted octanol–water partition coefficient (Wildman–Crippen LogP) is 1.19. The topological polar surface area (TPSA) is 86.3 Å². The molecular formula is C18H34IN5O3S. The number of nitrogens with one attached hydrogen (secondary N) is 2. The number of hydrogen-bond donors (Lipinski definition) is 2. The van der Waals surface area contributed by atoms with E-state index < -0.39 is 10.0 Å². The van der Waals surface area contributed by atoms with E-state index >= 15 is 0 Å². The highest BCUT2D eigenvalue weighted by Crippen LogP contribution is 2.13. The molecule has 8 nitrogen and oxygen atoms in total. The summed E-state index contributed by atoms with van der Waals surface area (Å²) < 4.78 is 30.4. The number of aliphatic imine (C=N–C) groups is 1. The average molecular weight is 527 g/mol. The SMILES string of the molecule is CN=C(NCCN(C)CCCOC)NCc1ccc(S(=O)(=O)N(C)C)cc1.I. The smallest absolute Gasteiger partial charge is 0.242 e. The van der Waals surface area contributed by atoms with E-state index in [1.54, 1.807) is 38.4 Å². The Morgan fingerprint density at radius 1 is 1.11 bits per heavy atom. The summed E-state index contributed by atoms with van der Waals surface area (Å²) in [6, 6.07) is 6.86. The number of nitrogens with zero attached hydrogens (tertiary/aromatic N) is 3. The molecule has 0 saturated heterocycles. The third-order valence-electron chi connectivity index (χ3n) is 4.06. The first kappa shape index (κ1) is 27.0. The Morgan fingerprint density at radius 2 is 1.75 bits per heavy atom. The van der Waals surface area contributed by atoms with Crippen molar-refractivity contribution >= 4 is 40.0 Å². The maximum absolute atomic E-state index is 12.1. The van der Waals surface area contributed by atoms with Gasteiger partial charge in [0.25, 0.3) is 0 Å². The van der Waals surface area contributed by atoms with E-state index in [4.69, 9.17) is 4.74 Å². The van der Waals surface area contributed by atoms with Crippen molar-refractivity contribution in [3.63, 3.8) is 0 Å². The number of guanidine groups is 1. The molecule has 0 saturated carbocycles. The number of rotatable bonds is 11. The molecule has 0 radical (unpaired) electrons. The Labute approximate surface area is 186 Å². The van der Waals surface area contributed by atoms with Gasteiger partial charge in [0, 0.05) is 61.0 Å².